The van der Waals surface area contributed by atoms with Crippen LogP contribution >= 0.6 is 0 Å². The molecule has 2 bridgehead atoms. The van der Waals surface area contributed by atoms with Gasteiger partial charge >= 0.3 is 6.03 Å². The molecule has 3 aliphatic rings. The molecular weight excluding hydrogens is 357 g/mol. The van der Waals surface area contributed by atoms with Gasteiger partial charge in [0.1, 0.15) is 5.82 Å². The third-order valence-corrected chi connectivity index (χ3v) is 6.28. The van der Waals surface area contributed by atoms with Crippen LogP contribution < -0.4 is 5.32 Å². The minimum Gasteiger partial charge on any atom is -0.379 e. The zero-order valence-corrected chi connectivity index (χ0v) is 16.4. The number of halogens is 1. The fourth-order valence-electron chi connectivity index (χ4n) is 4.73. The van der Waals surface area contributed by atoms with Gasteiger partial charge in [-0.1, -0.05) is 24.3 Å². The van der Waals surface area contributed by atoms with Crippen LogP contribution in [0.4, 0.5) is 14.9 Å². The molecule has 1 aliphatic heterocycles. The Hall–Kier alpha value is -1.92. The number of amides is 2. The number of ether oxygens (including phenoxy) is 1. The van der Waals surface area contributed by atoms with Gasteiger partial charge in [0.25, 0.3) is 0 Å². The van der Waals surface area contributed by atoms with E-state index in [9.17, 15) is 9.18 Å². The summed E-state index contributed by atoms with van der Waals surface area (Å²) in [6, 6.07) is 6.16. The lowest BCUT2D eigenvalue weighted by molar-refractivity contribution is 0.0364. The Labute approximate surface area is 166 Å². The lowest BCUT2D eigenvalue weighted by Crippen LogP contribution is -2.42. The van der Waals surface area contributed by atoms with Crippen LogP contribution in [0.5, 0.6) is 0 Å². The van der Waals surface area contributed by atoms with E-state index in [1.807, 2.05) is 4.90 Å². The normalized spacial score (nSPS) is 26.5. The van der Waals surface area contributed by atoms with Gasteiger partial charge in [-0.05, 0) is 49.1 Å². The van der Waals surface area contributed by atoms with Gasteiger partial charge in [0.05, 0.1) is 18.9 Å². The van der Waals surface area contributed by atoms with E-state index in [0.29, 0.717) is 24.3 Å². The maximum absolute atomic E-state index is 14.0. The van der Waals surface area contributed by atoms with Crippen LogP contribution in [0.15, 0.2) is 36.4 Å². The smallest absolute Gasteiger partial charge is 0.321 e. The average molecular weight is 387 g/mol. The van der Waals surface area contributed by atoms with Gasteiger partial charge in [0.15, 0.2) is 0 Å². The van der Waals surface area contributed by atoms with Gasteiger partial charge in [-0.15, -0.1) is 0 Å². The first kappa shape index (κ1) is 19.4. The van der Waals surface area contributed by atoms with Crippen molar-refractivity contribution in [3.8, 4) is 0 Å². The second kappa shape index (κ2) is 9.05. The number of nitrogens with one attached hydrogen (secondary N) is 1. The third kappa shape index (κ3) is 4.73. The van der Waals surface area contributed by atoms with E-state index in [1.54, 1.807) is 18.2 Å². The van der Waals surface area contributed by atoms with Gasteiger partial charge in [0, 0.05) is 32.7 Å². The maximum Gasteiger partial charge on any atom is 0.321 e. The lowest BCUT2D eigenvalue weighted by Gasteiger charge is -2.31. The van der Waals surface area contributed by atoms with Crippen molar-refractivity contribution in [3.05, 3.63) is 42.2 Å². The Morgan fingerprint density at radius 3 is 2.75 bits per heavy atom. The van der Waals surface area contributed by atoms with Crippen LogP contribution in [-0.4, -0.2) is 61.8 Å². The summed E-state index contributed by atoms with van der Waals surface area (Å²) in [5, 5.41) is 2.78. The molecule has 5 nitrogen and oxygen atoms in total. The topological polar surface area (TPSA) is 44.8 Å². The number of hydrogen-bond donors (Lipinski definition) is 1. The molecule has 4 rings (SSSR count). The van der Waals surface area contributed by atoms with Crippen LogP contribution in [-0.2, 0) is 4.74 Å². The van der Waals surface area contributed by atoms with Gasteiger partial charge in [-0.3, -0.25) is 4.90 Å². The lowest BCUT2D eigenvalue weighted by atomic mass is 9.93. The molecule has 2 aliphatic carbocycles. The Morgan fingerprint density at radius 2 is 2.04 bits per heavy atom. The first-order chi connectivity index (χ1) is 13.7. The van der Waals surface area contributed by atoms with Crippen LogP contribution in [0, 0.1) is 23.6 Å². The monoisotopic (exact) mass is 387 g/mol. The summed E-state index contributed by atoms with van der Waals surface area (Å²) in [6.45, 7) is 5.88. The predicted molar refractivity (Wildman–Crippen MR) is 108 cm³/mol. The van der Waals surface area contributed by atoms with Crippen LogP contribution in [0.1, 0.15) is 19.3 Å². The fraction of sp³-hybridized carbons (Fsp3) is 0.591. The molecule has 6 heteroatoms. The quantitative estimate of drug-likeness (QED) is 0.727. The minimum absolute atomic E-state index is 0.196. The maximum atomic E-state index is 14.0. The Bertz CT molecular complexity index is 705. The molecule has 1 N–H and O–H groups in total. The Morgan fingerprint density at radius 1 is 1.21 bits per heavy atom. The molecule has 0 aromatic heterocycles. The molecule has 1 saturated heterocycles. The van der Waals surface area contributed by atoms with E-state index in [2.05, 4.69) is 22.4 Å². The molecule has 152 valence electrons. The molecule has 1 aromatic carbocycles. The van der Waals surface area contributed by atoms with Crippen molar-refractivity contribution in [1.29, 1.82) is 0 Å². The summed E-state index contributed by atoms with van der Waals surface area (Å²) < 4.78 is 19.4. The number of rotatable bonds is 7. The number of carbonyl (C=O) groups excluding carboxylic acids is 1. The SMILES string of the molecule is O=C(Nc1ccccc1F)N(CCCN1CCOCC1)CC1CC2C=CC1C2. The standard InChI is InChI=1S/C22H30FN3O2/c23-20-4-1-2-5-21(20)24-22(27)26(9-3-8-25-10-12-28-13-11-25)16-19-15-17-6-7-18(19)14-17/h1-2,4-7,17-19H,3,8-16H2,(H,24,27). The molecular formula is C22H30FN3O2. The van der Waals surface area contributed by atoms with Gasteiger partial charge in [-0.25, -0.2) is 9.18 Å². The number of morpholine rings is 1. The number of anilines is 1. The first-order valence-electron chi connectivity index (χ1n) is 10.5. The van der Waals surface area contributed by atoms with Crippen molar-refractivity contribution in [3.63, 3.8) is 0 Å². The van der Waals surface area contributed by atoms with E-state index in [4.69, 9.17) is 4.74 Å². The largest absolute Gasteiger partial charge is 0.379 e. The number of nitrogens with zero attached hydrogens (tertiary/aromatic N) is 2. The van der Waals surface area contributed by atoms with E-state index in [0.717, 1.165) is 52.2 Å². The number of para-hydroxylation sites is 1. The summed E-state index contributed by atoms with van der Waals surface area (Å²) in [5.74, 6) is 1.39. The fourth-order valence-corrected chi connectivity index (χ4v) is 4.73. The molecule has 0 spiro atoms. The van der Waals surface area contributed by atoms with E-state index in [-0.39, 0.29) is 11.7 Å². The zero-order valence-electron chi connectivity index (χ0n) is 16.4. The second-order valence-corrected chi connectivity index (χ2v) is 8.20. The Balaban J connectivity index is 1.36. The molecule has 1 saturated carbocycles. The number of allylic oxidation sites excluding steroid dienone is 2. The van der Waals surface area contributed by atoms with Crippen molar-refractivity contribution < 1.29 is 13.9 Å². The number of benzene rings is 1. The van der Waals surface area contributed by atoms with Crippen LogP contribution in [0.25, 0.3) is 0 Å². The van der Waals surface area contributed by atoms with Crippen LogP contribution in [0.3, 0.4) is 0 Å². The number of urea groups is 1. The average Bonchev–Trinajstić information content (AvgIpc) is 3.33. The van der Waals surface area contributed by atoms with Crippen molar-refractivity contribution >= 4 is 11.7 Å². The van der Waals surface area contributed by atoms with Crippen molar-refractivity contribution in [2.75, 3.05) is 51.3 Å². The summed E-state index contributed by atoms with van der Waals surface area (Å²) in [6.07, 6.45) is 7.94. The zero-order chi connectivity index (χ0) is 19.3. The summed E-state index contributed by atoms with van der Waals surface area (Å²) in [5.41, 5.74) is 0.249. The van der Waals surface area contributed by atoms with Gasteiger partial charge in [-0.2, -0.15) is 0 Å². The molecule has 0 radical (unpaired) electrons. The number of carbonyl (C=O) groups is 1. The highest BCUT2D eigenvalue weighted by molar-refractivity contribution is 5.89. The molecule has 1 aromatic rings. The molecule has 2 fully saturated rings. The minimum atomic E-state index is -0.396. The molecule has 3 atom stereocenters. The van der Waals surface area contributed by atoms with E-state index in [1.165, 1.54) is 12.5 Å². The Kier molecular flexibility index (Phi) is 6.27. The molecule has 3 unspecified atom stereocenters. The van der Waals surface area contributed by atoms with Crippen LogP contribution in [0.2, 0.25) is 0 Å². The number of hydrogen-bond acceptors (Lipinski definition) is 3. The second-order valence-electron chi connectivity index (χ2n) is 8.20. The van der Waals surface area contributed by atoms with Crippen molar-refractivity contribution in [2.45, 2.75) is 19.3 Å². The third-order valence-electron chi connectivity index (χ3n) is 6.28. The molecule has 1 heterocycles. The van der Waals surface area contributed by atoms with E-state index < -0.39 is 5.82 Å². The first-order valence-corrected chi connectivity index (χ1v) is 10.5. The predicted octanol–water partition coefficient (Wildman–Crippen LogP) is 3.59. The highest BCUT2D eigenvalue weighted by Crippen LogP contribution is 2.43. The van der Waals surface area contributed by atoms with Crippen molar-refractivity contribution in [1.82, 2.24) is 9.80 Å². The molecule has 2 amide bonds. The van der Waals surface area contributed by atoms with E-state index >= 15 is 0 Å². The number of fused-ring (bicyclic) bond motifs is 2. The highest BCUT2D eigenvalue weighted by atomic mass is 19.1. The summed E-state index contributed by atoms with van der Waals surface area (Å²) >= 11 is 0. The summed E-state index contributed by atoms with van der Waals surface area (Å²) in [7, 11) is 0. The van der Waals surface area contributed by atoms with Crippen molar-refractivity contribution in [2.24, 2.45) is 17.8 Å². The highest BCUT2D eigenvalue weighted by Gasteiger charge is 2.37. The van der Waals surface area contributed by atoms with Gasteiger partial charge in [0.2, 0.25) is 0 Å². The molecule has 28 heavy (non-hydrogen) atoms. The van der Waals surface area contributed by atoms with Gasteiger partial charge < -0.3 is 15.0 Å². The summed E-state index contributed by atoms with van der Waals surface area (Å²) in [4.78, 5) is 17.2.